The van der Waals surface area contributed by atoms with Gasteiger partial charge in [0.2, 0.25) is 0 Å². The highest BCUT2D eigenvalue weighted by Gasteiger charge is 2.12. The Kier molecular flexibility index (Phi) is 4.10. The third-order valence-electron chi connectivity index (χ3n) is 2.03. The summed E-state index contributed by atoms with van der Waals surface area (Å²) in [6.45, 7) is 0. The molecule has 0 aliphatic carbocycles. The molecule has 0 bridgehead atoms. The van der Waals surface area contributed by atoms with E-state index in [0.29, 0.717) is 6.07 Å². The molecule has 0 aromatic heterocycles. The average Bonchev–Trinajstić information content (AvgIpc) is 2.16. The van der Waals surface area contributed by atoms with Crippen molar-refractivity contribution in [1.29, 1.82) is 0 Å². The van der Waals surface area contributed by atoms with E-state index >= 15 is 0 Å². The summed E-state index contributed by atoms with van der Waals surface area (Å²) < 4.78 is 25.6. The van der Waals surface area contributed by atoms with Crippen LogP contribution in [0.2, 0.25) is 0 Å². The van der Waals surface area contributed by atoms with Crippen LogP contribution in [0, 0.1) is 11.6 Å². The van der Waals surface area contributed by atoms with Crippen molar-refractivity contribution in [2.45, 2.75) is 19.3 Å². The van der Waals surface area contributed by atoms with Crippen molar-refractivity contribution in [3.63, 3.8) is 0 Å². The van der Waals surface area contributed by atoms with E-state index in [4.69, 9.17) is 5.11 Å². The predicted octanol–water partition coefficient (Wildman–Crippen LogP) is 2.40. The van der Waals surface area contributed by atoms with E-state index < -0.39 is 23.4 Å². The fraction of sp³-hybridized carbons (Fsp3) is 0.273. The number of carbonyl (C=O) groups is 2. The maximum atomic E-state index is 13.1. The quantitative estimate of drug-likeness (QED) is 0.787. The zero-order valence-corrected chi connectivity index (χ0v) is 8.37. The summed E-state index contributed by atoms with van der Waals surface area (Å²) in [5.41, 5.74) is -0.202. The van der Waals surface area contributed by atoms with Gasteiger partial charge in [0.25, 0.3) is 0 Å². The smallest absolute Gasteiger partial charge is 0.303 e. The molecule has 0 saturated heterocycles. The Morgan fingerprint density at radius 1 is 1.19 bits per heavy atom. The minimum Gasteiger partial charge on any atom is -0.481 e. The Bertz CT molecular complexity index is 416. The van der Waals surface area contributed by atoms with Crippen LogP contribution >= 0.6 is 0 Å². The molecule has 0 aliphatic heterocycles. The summed E-state index contributed by atoms with van der Waals surface area (Å²) in [5.74, 6) is -3.19. The van der Waals surface area contributed by atoms with Crippen LogP contribution in [0.5, 0.6) is 0 Å². The second-order valence-electron chi connectivity index (χ2n) is 3.29. The maximum absolute atomic E-state index is 13.1. The molecule has 3 nitrogen and oxygen atoms in total. The molecular weight excluding hydrogens is 218 g/mol. The fourth-order valence-electron chi connectivity index (χ4n) is 1.25. The van der Waals surface area contributed by atoms with Crippen LogP contribution < -0.4 is 0 Å². The normalized spacial score (nSPS) is 10.1. The SMILES string of the molecule is O=C(O)CCCC(=O)c1ccc(F)cc1F. The molecule has 1 N–H and O–H groups in total. The van der Waals surface area contributed by atoms with E-state index in [-0.39, 0.29) is 24.8 Å². The van der Waals surface area contributed by atoms with Gasteiger partial charge in [-0.2, -0.15) is 0 Å². The molecule has 0 fully saturated rings. The van der Waals surface area contributed by atoms with Crippen molar-refractivity contribution in [3.05, 3.63) is 35.4 Å². The van der Waals surface area contributed by atoms with Crippen molar-refractivity contribution in [3.8, 4) is 0 Å². The minimum atomic E-state index is -1.01. The van der Waals surface area contributed by atoms with Gasteiger partial charge >= 0.3 is 5.97 Å². The summed E-state index contributed by atoms with van der Waals surface area (Å²) in [7, 11) is 0. The summed E-state index contributed by atoms with van der Waals surface area (Å²) in [6, 6.07) is 2.69. The number of ketones is 1. The van der Waals surface area contributed by atoms with Crippen molar-refractivity contribution >= 4 is 11.8 Å². The molecule has 0 radical (unpaired) electrons. The lowest BCUT2D eigenvalue weighted by Crippen LogP contribution is -2.04. The number of aliphatic carboxylic acids is 1. The van der Waals surface area contributed by atoms with Crippen LogP contribution in [0.1, 0.15) is 29.6 Å². The second kappa shape index (κ2) is 5.34. The topological polar surface area (TPSA) is 54.4 Å². The highest BCUT2D eigenvalue weighted by molar-refractivity contribution is 5.96. The molecule has 5 heteroatoms. The first kappa shape index (κ1) is 12.3. The lowest BCUT2D eigenvalue weighted by atomic mass is 10.0. The molecule has 16 heavy (non-hydrogen) atoms. The second-order valence-corrected chi connectivity index (χ2v) is 3.29. The molecular formula is C11H10F2O3. The van der Waals surface area contributed by atoms with Gasteiger partial charge in [0.1, 0.15) is 11.6 Å². The maximum Gasteiger partial charge on any atom is 0.303 e. The van der Waals surface area contributed by atoms with Gasteiger partial charge in [0, 0.05) is 18.9 Å². The molecule has 0 spiro atoms. The number of carboxylic acid groups (broad SMARTS) is 1. The molecule has 86 valence electrons. The third-order valence-corrected chi connectivity index (χ3v) is 2.03. The third kappa shape index (κ3) is 3.42. The monoisotopic (exact) mass is 228 g/mol. The van der Waals surface area contributed by atoms with E-state index in [1.807, 2.05) is 0 Å². The van der Waals surface area contributed by atoms with Crippen molar-refractivity contribution in [2.75, 3.05) is 0 Å². The number of hydrogen-bond donors (Lipinski definition) is 1. The van der Waals surface area contributed by atoms with Gasteiger partial charge in [-0.25, -0.2) is 8.78 Å². The van der Waals surface area contributed by atoms with E-state index in [2.05, 4.69) is 0 Å². The number of hydrogen-bond acceptors (Lipinski definition) is 2. The highest BCUT2D eigenvalue weighted by Crippen LogP contribution is 2.13. The van der Waals surface area contributed by atoms with Gasteiger partial charge in [-0.15, -0.1) is 0 Å². The summed E-state index contributed by atoms with van der Waals surface area (Å²) in [6.07, 6.45) is -0.0611. The first-order chi connectivity index (χ1) is 7.50. The standard InChI is InChI=1S/C11H10F2O3/c12-7-4-5-8(9(13)6-7)10(14)2-1-3-11(15)16/h4-6H,1-3H2,(H,15,16). The van der Waals surface area contributed by atoms with E-state index in [1.54, 1.807) is 0 Å². The molecule has 0 unspecified atom stereocenters. The number of rotatable bonds is 5. The Morgan fingerprint density at radius 3 is 2.44 bits per heavy atom. The molecule has 1 rings (SSSR count). The zero-order valence-electron chi connectivity index (χ0n) is 8.37. The number of carboxylic acids is 1. The van der Waals surface area contributed by atoms with E-state index in [1.165, 1.54) is 0 Å². The van der Waals surface area contributed by atoms with E-state index in [9.17, 15) is 18.4 Å². The Balaban J connectivity index is 2.63. The summed E-state index contributed by atoms with van der Waals surface area (Å²) in [4.78, 5) is 21.6. The number of halogens is 2. The first-order valence-corrected chi connectivity index (χ1v) is 4.70. The predicted molar refractivity (Wildman–Crippen MR) is 52.2 cm³/mol. The Morgan fingerprint density at radius 2 is 1.88 bits per heavy atom. The fourth-order valence-corrected chi connectivity index (χ4v) is 1.25. The molecule has 0 amide bonds. The largest absolute Gasteiger partial charge is 0.481 e. The van der Waals surface area contributed by atoms with Crippen LogP contribution in [0.15, 0.2) is 18.2 Å². The van der Waals surface area contributed by atoms with Crippen molar-refractivity contribution in [1.82, 2.24) is 0 Å². The first-order valence-electron chi connectivity index (χ1n) is 4.70. The van der Waals surface area contributed by atoms with Crippen molar-refractivity contribution < 1.29 is 23.5 Å². The number of Topliss-reactive ketones (excluding diaryl/α,β-unsaturated/α-hetero) is 1. The van der Waals surface area contributed by atoms with Crippen LogP contribution in [-0.2, 0) is 4.79 Å². The van der Waals surface area contributed by atoms with Crippen LogP contribution in [0.3, 0.4) is 0 Å². The molecule has 0 saturated carbocycles. The zero-order chi connectivity index (χ0) is 12.1. The Labute approximate surface area is 90.7 Å². The van der Waals surface area contributed by atoms with Crippen LogP contribution in [-0.4, -0.2) is 16.9 Å². The van der Waals surface area contributed by atoms with Gasteiger partial charge in [0.05, 0.1) is 5.56 Å². The van der Waals surface area contributed by atoms with Crippen molar-refractivity contribution in [2.24, 2.45) is 0 Å². The minimum absolute atomic E-state index is 0.0607. The molecule has 0 heterocycles. The Hall–Kier alpha value is -1.78. The van der Waals surface area contributed by atoms with Crippen LogP contribution in [0.4, 0.5) is 8.78 Å². The van der Waals surface area contributed by atoms with Gasteiger partial charge in [-0.1, -0.05) is 0 Å². The number of benzene rings is 1. The molecule has 0 atom stereocenters. The lowest BCUT2D eigenvalue weighted by Gasteiger charge is -2.01. The summed E-state index contributed by atoms with van der Waals surface area (Å²) in [5, 5.41) is 8.35. The molecule has 1 aromatic rings. The van der Waals surface area contributed by atoms with E-state index in [0.717, 1.165) is 12.1 Å². The summed E-state index contributed by atoms with van der Waals surface area (Å²) >= 11 is 0. The molecule has 0 aliphatic rings. The number of carbonyl (C=O) groups excluding carboxylic acids is 1. The van der Waals surface area contributed by atoms with Gasteiger partial charge in [-0.05, 0) is 18.6 Å². The average molecular weight is 228 g/mol. The lowest BCUT2D eigenvalue weighted by molar-refractivity contribution is -0.137. The molecule has 1 aromatic carbocycles. The van der Waals surface area contributed by atoms with Gasteiger partial charge < -0.3 is 5.11 Å². The van der Waals surface area contributed by atoms with Crippen LogP contribution in [0.25, 0.3) is 0 Å². The van der Waals surface area contributed by atoms with Gasteiger partial charge in [0.15, 0.2) is 5.78 Å². The highest BCUT2D eigenvalue weighted by atomic mass is 19.1. The van der Waals surface area contributed by atoms with Gasteiger partial charge in [-0.3, -0.25) is 9.59 Å².